The molecule has 0 spiro atoms. The molecule has 1 fully saturated rings. The summed E-state index contributed by atoms with van der Waals surface area (Å²) in [4.78, 5) is 15.9. The maximum Gasteiger partial charge on any atom is 0.317 e. The number of nitrogens with zero attached hydrogens (tertiary/aromatic N) is 2. The smallest absolute Gasteiger partial charge is 0.317 e. The van der Waals surface area contributed by atoms with Crippen molar-refractivity contribution in [2.24, 2.45) is 5.92 Å². The van der Waals surface area contributed by atoms with Gasteiger partial charge in [0.05, 0.1) is 5.02 Å². The van der Waals surface area contributed by atoms with Crippen molar-refractivity contribution in [2.45, 2.75) is 13.8 Å². The van der Waals surface area contributed by atoms with E-state index in [4.69, 9.17) is 11.6 Å². The summed E-state index contributed by atoms with van der Waals surface area (Å²) < 4.78 is 13.2. The number of hydrogen-bond donors (Lipinski definition) is 1. The van der Waals surface area contributed by atoms with Crippen molar-refractivity contribution in [1.29, 1.82) is 0 Å². The average molecular weight is 314 g/mol. The lowest BCUT2D eigenvalue weighted by molar-refractivity contribution is 0.193. The van der Waals surface area contributed by atoms with Crippen LogP contribution in [-0.4, -0.2) is 43.7 Å². The Kier molecular flexibility index (Phi) is 5.28. The first kappa shape index (κ1) is 15.9. The Morgan fingerprint density at radius 3 is 2.57 bits per heavy atom. The van der Waals surface area contributed by atoms with Crippen LogP contribution >= 0.6 is 11.6 Å². The zero-order valence-corrected chi connectivity index (χ0v) is 13.2. The normalized spacial score (nSPS) is 15.5. The lowest BCUT2D eigenvalue weighted by Crippen LogP contribution is -2.52. The molecule has 116 valence electrons. The van der Waals surface area contributed by atoms with Crippen LogP contribution in [0.5, 0.6) is 0 Å². The Hall–Kier alpha value is -1.49. The molecule has 0 bridgehead atoms. The Morgan fingerprint density at radius 1 is 1.33 bits per heavy atom. The summed E-state index contributed by atoms with van der Waals surface area (Å²) in [6.45, 7) is 7.56. The van der Waals surface area contributed by atoms with Crippen molar-refractivity contribution in [2.75, 3.05) is 37.6 Å². The van der Waals surface area contributed by atoms with Crippen molar-refractivity contribution in [3.63, 3.8) is 0 Å². The molecule has 2 amide bonds. The Bertz CT molecular complexity index is 502. The van der Waals surface area contributed by atoms with Crippen molar-refractivity contribution in [1.82, 2.24) is 10.2 Å². The Labute approximate surface area is 129 Å². The highest BCUT2D eigenvalue weighted by Gasteiger charge is 2.21. The number of hydrogen-bond acceptors (Lipinski definition) is 2. The number of carbonyl (C=O) groups is 1. The van der Waals surface area contributed by atoms with Gasteiger partial charge in [0.15, 0.2) is 0 Å². The van der Waals surface area contributed by atoms with Crippen molar-refractivity contribution in [3.05, 3.63) is 29.0 Å². The molecule has 0 saturated carbocycles. The van der Waals surface area contributed by atoms with Gasteiger partial charge in [0.2, 0.25) is 0 Å². The van der Waals surface area contributed by atoms with Crippen LogP contribution in [0.15, 0.2) is 18.2 Å². The summed E-state index contributed by atoms with van der Waals surface area (Å²) in [7, 11) is 0. The minimum Gasteiger partial charge on any atom is -0.368 e. The summed E-state index contributed by atoms with van der Waals surface area (Å²) >= 11 is 5.81. The largest absolute Gasteiger partial charge is 0.368 e. The van der Waals surface area contributed by atoms with Gasteiger partial charge in [-0.05, 0) is 24.1 Å². The molecule has 1 saturated heterocycles. The minimum absolute atomic E-state index is 0.0134. The summed E-state index contributed by atoms with van der Waals surface area (Å²) in [5.41, 5.74) is 0.892. The fourth-order valence-electron chi connectivity index (χ4n) is 2.25. The van der Waals surface area contributed by atoms with E-state index in [9.17, 15) is 9.18 Å². The number of nitrogens with one attached hydrogen (secondary N) is 1. The topological polar surface area (TPSA) is 35.6 Å². The quantitative estimate of drug-likeness (QED) is 0.931. The number of halogens is 2. The predicted octanol–water partition coefficient (Wildman–Crippen LogP) is 2.97. The van der Waals surface area contributed by atoms with Crippen LogP contribution in [-0.2, 0) is 0 Å². The molecule has 21 heavy (non-hydrogen) atoms. The number of urea groups is 1. The number of anilines is 1. The molecule has 0 unspecified atom stereocenters. The fraction of sp³-hybridized carbons (Fsp3) is 0.533. The van der Waals surface area contributed by atoms with Crippen LogP contribution in [0.1, 0.15) is 13.8 Å². The van der Waals surface area contributed by atoms with Gasteiger partial charge in [-0.1, -0.05) is 25.4 Å². The van der Waals surface area contributed by atoms with Gasteiger partial charge >= 0.3 is 6.03 Å². The summed E-state index contributed by atoms with van der Waals surface area (Å²) in [5, 5.41) is 3.05. The molecule has 2 rings (SSSR count). The van der Waals surface area contributed by atoms with E-state index >= 15 is 0 Å². The third kappa shape index (κ3) is 4.24. The summed E-state index contributed by atoms with van der Waals surface area (Å²) in [6.07, 6.45) is 0. The molecule has 0 aromatic heterocycles. The van der Waals surface area contributed by atoms with Crippen molar-refractivity contribution < 1.29 is 9.18 Å². The van der Waals surface area contributed by atoms with E-state index in [0.29, 0.717) is 25.6 Å². The van der Waals surface area contributed by atoms with Gasteiger partial charge in [0.25, 0.3) is 0 Å². The van der Waals surface area contributed by atoms with Crippen LogP contribution < -0.4 is 10.2 Å². The van der Waals surface area contributed by atoms with Gasteiger partial charge in [-0.15, -0.1) is 0 Å². The lowest BCUT2D eigenvalue weighted by Gasteiger charge is -2.36. The highest BCUT2D eigenvalue weighted by Crippen LogP contribution is 2.23. The number of rotatable bonds is 3. The number of amides is 2. The highest BCUT2D eigenvalue weighted by molar-refractivity contribution is 6.31. The van der Waals surface area contributed by atoms with Crippen molar-refractivity contribution >= 4 is 23.3 Å². The molecule has 1 heterocycles. The fourth-order valence-corrected chi connectivity index (χ4v) is 2.43. The van der Waals surface area contributed by atoms with Gasteiger partial charge in [-0.25, -0.2) is 9.18 Å². The van der Waals surface area contributed by atoms with E-state index in [2.05, 4.69) is 24.1 Å². The third-order valence-corrected chi connectivity index (χ3v) is 3.79. The second-order valence-electron chi connectivity index (χ2n) is 5.65. The maximum atomic E-state index is 13.2. The first-order valence-electron chi connectivity index (χ1n) is 7.20. The first-order valence-corrected chi connectivity index (χ1v) is 7.58. The monoisotopic (exact) mass is 313 g/mol. The zero-order valence-electron chi connectivity index (χ0n) is 12.4. The molecule has 0 atom stereocenters. The third-order valence-electron chi connectivity index (χ3n) is 3.50. The molecule has 1 aliphatic heterocycles. The van der Waals surface area contributed by atoms with E-state index in [-0.39, 0.29) is 11.1 Å². The molecule has 6 heteroatoms. The maximum absolute atomic E-state index is 13.2. The molecular formula is C15H21ClFN3O. The predicted molar refractivity (Wildman–Crippen MR) is 83.4 cm³/mol. The van der Waals surface area contributed by atoms with Gasteiger partial charge in [-0.2, -0.15) is 0 Å². The number of piperazine rings is 1. The van der Waals surface area contributed by atoms with Crippen LogP contribution in [0.4, 0.5) is 14.9 Å². The summed E-state index contributed by atoms with van der Waals surface area (Å²) in [6, 6.07) is 4.71. The van der Waals surface area contributed by atoms with Crippen LogP contribution in [0.25, 0.3) is 0 Å². The molecule has 4 nitrogen and oxygen atoms in total. The molecule has 1 aromatic carbocycles. The van der Waals surface area contributed by atoms with Gasteiger partial charge < -0.3 is 15.1 Å². The van der Waals surface area contributed by atoms with Crippen LogP contribution in [0.2, 0.25) is 5.02 Å². The van der Waals surface area contributed by atoms with E-state index < -0.39 is 5.82 Å². The number of benzene rings is 1. The molecule has 0 radical (unpaired) electrons. The van der Waals surface area contributed by atoms with Gasteiger partial charge in [-0.3, -0.25) is 0 Å². The Balaban J connectivity index is 1.88. The SMILES string of the molecule is CC(C)CNC(=O)N1CCN(c2ccc(F)c(Cl)c2)CC1. The molecule has 1 aromatic rings. The van der Waals surface area contributed by atoms with E-state index in [0.717, 1.165) is 18.8 Å². The second kappa shape index (κ2) is 6.98. The molecule has 1 N–H and O–H groups in total. The molecule has 0 aliphatic carbocycles. The van der Waals surface area contributed by atoms with Crippen LogP contribution in [0.3, 0.4) is 0 Å². The van der Waals surface area contributed by atoms with E-state index in [1.54, 1.807) is 12.1 Å². The van der Waals surface area contributed by atoms with Gasteiger partial charge in [0.1, 0.15) is 5.82 Å². The zero-order chi connectivity index (χ0) is 15.4. The lowest BCUT2D eigenvalue weighted by atomic mass is 10.2. The minimum atomic E-state index is -0.410. The van der Waals surface area contributed by atoms with Gasteiger partial charge in [0, 0.05) is 38.4 Å². The highest BCUT2D eigenvalue weighted by atomic mass is 35.5. The standard InChI is InChI=1S/C15H21ClFN3O/c1-11(2)10-18-15(21)20-7-5-19(6-8-20)12-3-4-14(17)13(16)9-12/h3-4,9,11H,5-8,10H2,1-2H3,(H,18,21). The van der Waals surface area contributed by atoms with Crippen LogP contribution in [0, 0.1) is 11.7 Å². The second-order valence-corrected chi connectivity index (χ2v) is 6.06. The average Bonchev–Trinajstić information content (AvgIpc) is 2.48. The molecular weight excluding hydrogens is 293 g/mol. The summed E-state index contributed by atoms with van der Waals surface area (Å²) in [5.74, 6) is 0.0312. The van der Waals surface area contributed by atoms with Crippen molar-refractivity contribution in [3.8, 4) is 0 Å². The van der Waals surface area contributed by atoms with E-state index in [1.165, 1.54) is 6.07 Å². The Morgan fingerprint density at radius 2 is 2.00 bits per heavy atom. The van der Waals surface area contributed by atoms with E-state index in [1.807, 2.05) is 4.90 Å². The number of carbonyl (C=O) groups excluding carboxylic acids is 1. The molecule has 1 aliphatic rings. The first-order chi connectivity index (χ1) is 9.97.